The van der Waals surface area contributed by atoms with E-state index in [1.165, 1.54) is 0 Å². The van der Waals surface area contributed by atoms with Crippen LogP contribution in [0.25, 0.3) is 12.2 Å². The molecule has 0 aliphatic carbocycles. The highest BCUT2D eigenvalue weighted by Crippen LogP contribution is 2.16. The first kappa shape index (κ1) is 12.9. The largest absolute Gasteiger partial charge is 0.497 e. The molecule has 0 saturated heterocycles. The SMILES string of the molecule is COc1ccc(C=Cc2ccccc2C(=O)O)cc1. The van der Waals surface area contributed by atoms with E-state index < -0.39 is 5.97 Å². The minimum Gasteiger partial charge on any atom is -0.497 e. The maximum Gasteiger partial charge on any atom is 0.336 e. The lowest BCUT2D eigenvalue weighted by molar-refractivity contribution is 0.0696. The summed E-state index contributed by atoms with van der Waals surface area (Å²) in [6, 6.07) is 14.5. The first-order chi connectivity index (χ1) is 9.20. The second-order valence-corrected chi connectivity index (χ2v) is 4.00. The van der Waals surface area contributed by atoms with Crippen molar-refractivity contribution < 1.29 is 14.6 Å². The third kappa shape index (κ3) is 3.22. The molecular weight excluding hydrogens is 240 g/mol. The normalized spacial score (nSPS) is 10.6. The number of ether oxygens (including phenoxy) is 1. The summed E-state index contributed by atoms with van der Waals surface area (Å²) in [5.74, 6) is -0.127. The second-order valence-electron chi connectivity index (χ2n) is 4.00. The van der Waals surface area contributed by atoms with Crippen LogP contribution in [0.2, 0.25) is 0 Å². The maximum absolute atomic E-state index is 11.1. The van der Waals surface area contributed by atoms with E-state index in [-0.39, 0.29) is 0 Å². The van der Waals surface area contributed by atoms with Crippen molar-refractivity contribution in [1.29, 1.82) is 0 Å². The summed E-state index contributed by atoms with van der Waals surface area (Å²) < 4.78 is 5.08. The van der Waals surface area contributed by atoms with Gasteiger partial charge < -0.3 is 9.84 Å². The zero-order valence-corrected chi connectivity index (χ0v) is 10.5. The van der Waals surface area contributed by atoms with Crippen molar-refractivity contribution in [2.24, 2.45) is 0 Å². The average Bonchev–Trinajstić information content (AvgIpc) is 2.46. The number of aromatic carboxylic acids is 1. The summed E-state index contributed by atoms with van der Waals surface area (Å²) in [6.07, 6.45) is 3.67. The molecule has 0 unspecified atom stereocenters. The van der Waals surface area contributed by atoms with Crippen LogP contribution in [0, 0.1) is 0 Å². The Bertz CT molecular complexity index is 598. The van der Waals surface area contributed by atoms with Crippen molar-refractivity contribution in [3.05, 3.63) is 65.2 Å². The van der Waals surface area contributed by atoms with E-state index in [4.69, 9.17) is 9.84 Å². The van der Waals surface area contributed by atoms with Gasteiger partial charge in [0.1, 0.15) is 5.75 Å². The van der Waals surface area contributed by atoms with Gasteiger partial charge in [-0.15, -0.1) is 0 Å². The Labute approximate surface area is 111 Å². The van der Waals surface area contributed by atoms with Gasteiger partial charge in [0.2, 0.25) is 0 Å². The fourth-order valence-electron chi connectivity index (χ4n) is 1.74. The molecule has 0 aliphatic rings. The monoisotopic (exact) mass is 254 g/mol. The zero-order chi connectivity index (χ0) is 13.7. The number of benzene rings is 2. The molecule has 1 N–H and O–H groups in total. The van der Waals surface area contributed by atoms with Crippen LogP contribution in [0.3, 0.4) is 0 Å². The fraction of sp³-hybridized carbons (Fsp3) is 0.0625. The lowest BCUT2D eigenvalue weighted by Crippen LogP contribution is -1.98. The number of hydrogen-bond acceptors (Lipinski definition) is 2. The quantitative estimate of drug-likeness (QED) is 0.848. The van der Waals surface area contributed by atoms with Gasteiger partial charge in [-0.1, -0.05) is 42.5 Å². The number of hydrogen-bond donors (Lipinski definition) is 1. The molecule has 19 heavy (non-hydrogen) atoms. The Hall–Kier alpha value is -2.55. The van der Waals surface area contributed by atoms with Crippen molar-refractivity contribution in [2.75, 3.05) is 7.11 Å². The minimum atomic E-state index is -0.921. The van der Waals surface area contributed by atoms with Crippen LogP contribution < -0.4 is 4.74 Å². The lowest BCUT2D eigenvalue weighted by atomic mass is 10.1. The Morgan fingerprint density at radius 1 is 1.05 bits per heavy atom. The molecule has 0 saturated carbocycles. The molecule has 0 aliphatic heterocycles. The number of rotatable bonds is 4. The summed E-state index contributed by atoms with van der Waals surface area (Å²) >= 11 is 0. The average molecular weight is 254 g/mol. The smallest absolute Gasteiger partial charge is 0.336 e. The molecule has 0 radical (unpaired) electrons. The molecule has 2 aromatic rings. The summed E-state index contributed by atoms with van der Waals surface area (Å²) in [4.78, 5) is 11.1. The van der Waals surface area contributed by atoms with Gasteiger partial charge in [-0.3, -0.25) is 0 Å². The van der Waals surface area contributed by atoms with Gasteiger partial charge in [0.15, 0.2) is 0 Å². The molecule has 0 spiro atoms. The molecule has 3 heteroatoms. The van der Waals surface area contributed by atoms with Crippen molar-refractivity contribution in [3.8, 4) is 5.75 Å². The van der Waals surface area contributed by atoms with Gasteiger partial charge in [-0.05, 0) is 29.3 Å². The molecule has 0 amide bonds. The summed E-state index contributed by atoms with van der Waals surface area (Å²) in [7, 11) is 1.62. The van der Waals surface area contributed by atoms with Crippen LogP contribution in [0.15, 0.2) is 48.5 Å². The zero-order valence-electron chi connectivity index (χ0n) is 10.5. The van der Waals surface area contributed by atoms with Gasteiger partial charge in [0.05, 0.1) is 12.7 Å². The van der Waals surface area contributed by atoms with Crippen molar-refractivity contribution in [2.45, 2.75) is 0 Å². The first-order valence-electron chi connectivity index (χ1n) is 5.85. The van der Waals surface area contributed by atoms with Crippen LogP contribution in [0.4, 0.5) is 0 Å². The molecule has 0 atom stereocenters. The van der Waals surface area contributed by atoms with Gasteiger partial charge >= 0.3 is 5.97 Å². The van der Waals surface area contributed by atoms with E-state index >= 15 is 0 Å². The standard InChI is InChI=1S/C16H14O3/c1-19-14-10-7-12(8-11-14)6-9-13-4-2-3-5-15(13)16(17)18/h2-11H,1H3,(H,17,18). The molecule has 0 heterocycles. The molecule has 0 fully saturated rings. The highest BCUT2D eigenvalue weighted by atomic mass is 16.5. The Balaban J connectivity index is 2.24. The number of carboxylic acids is 1. The Morgan fingerprint density at radius 2 is 1.74 bits per heavy atom. The molecule has 3 nitrogen and oxygen atoms in total. The first-order valence-corrected chi connectivity index (χ1v) is 5.85. The minimum absolute atomic E-state index is 0.298. The van der Waals surface area contributed by atoms with E-state index in [1.54, 1.807) is 31.4 Å². The molecule has 0 bridgehead atoms. The van der Waals surface area contributed by atoms with E-state index in [1.807, 2.05) is 36.4 Å². The van der Waals surface area contributed by atoms with Crippen molar-refractivity contribution in [3.63, 3.8) is 0 Å². The van der Waals surface area contributed by atoms with Crippen molar-refractivity contribution in [1.82, 2.24) is 0 Å². The Kier molecular flexibility index (Phi) is 3.98. The van der Waals surface area contributed by atoms with Crippen LogP contribution in [0.1, 0.15) is 21.5 Å². The van der Waals surface area contributed by atoms with Crippen molar-refractivity contribution >= 4 is 18.1 Å². The predicted octanol–water partition coefficient (Wildman–Crippen LogP) is 3.56. The Morgan fingerprint density at radius 3 is 2.37 bits per heavy atom. The molecule has 96 valence electrons. The molecule has 2 rings (SSSR count). The third-order valence-electron chi connectivity index (χ3n) is 2.76. The number of carbonyl (C=O) groups is 1. The van der Waals surface area contributed by atoms with Gasteiger partial charge in [-0.25, -0.2) is 4.79 Å². The summed E-state index contributed by atoms with van der Waals surface area (Å²) in [5.41, 5.74) is 1.97. The highest BCUT2D eigenvalue weighted by Gasteiger charge is 2.05. The number of carboxylic acid groups (broad SMARTS) is 1. The number of methoxy groups -OCH3 is 1. The van der Waals surface area contributed by atoms with Gasteiger partial charge in [0.25, 0.3) is 0 Å². The maximum atomic E-state index is 11.1. The highest BCUT2D eigenvalue weighted by molar-refractivity contribution is 5.93. The van der Waals surface area contributed by atoms with E-state index in [0.29, 0.717) is 11.1 Å². The molecular formula is C16H14O3. The fourth-order valence-corrected chi connectivity index (χ4v) is 1.74. The van der Waals surface area contributed by atoms with Gasteiger partial charge in [0, 0.05) is 0 Å². The van der Waals surface area contributed by atoms with E-state index in [9.17, 15) is 4.79 Å². The lowest BCUT2D eigenvalue weighted by Gasteiger charge is -2.01. The van der Waals surface area contributed by atoms with Gasteiger partial charge in [-0.2, -0.15) is 0 Å². The van der Waals surface area contributed by atoms with Crippen LogP contribution in [-0.4, -0.2) is 18.2 Å². The van der Waals surface area contributed by atoms with E-state index in [0.717, 1.165) is 11.3 Å². The van der Waals surface area contributed by atoms with E-state index in [2.05, 4.69) is 0 Å². The summed E-state index contributed by atoms with van der Waals surface area (Å²) in [5, 5.41) is 9.08. The topological polar surface area (TPSA) is 46.5 Å². The predicted molar refractivity (Wildman–Crippen MR) is 75.3 cm³/mol. The second kappa shape index (κ2) is 5.87. The van der Waals surface area contributed by atoms with Crippen LogP contribution in [-0.2, 0) is 0 Å². The molecule has 0 aromatic heterocycles. The summed E-state index contributed by atoms with van der Waals surface area (Å²) in [6.45, 7) is 0. The van der Waals surface area contributed by atoms with Crippen LogP contribution >= 0.6 is 0 Å². The third-order valence-corrected chi connectivity index (χ3v) is 2.76. The molecule has 2 aromatic carbocycles. The van der Waals surface area contributed by atoms with Crippen LogP contribution in [0.5, 0.6) is 5.75 Å².